The van der Waals surface area contributed by atoms with Crippen LogP contribution >= 0.6 is 11.6 Å². The summed E-state index contributed by atoms with van der Waals surface area (Å²) in [6, 6.07) is 7.75. The van der Waals surface area contributed by atoms with Crippen LogP contribution in [0, 0.1) is 11.3 Å². The maximum absolute atomic E-state index is 13.0. The van der Waals surface area contributed by atoms with Crippen LogP contribution in [0.25, 0.3) is 0 Å². The van der Waals surface area contributed by atoms with Crippen molar-refractivity contribution >= 4 is 23.5 Å². The Kier molecular flexibility index (Phi) is 5.14. The molecule has 1 saturated carbocycles. The van der Waals surface area contributed by atoms with E-state index in [4.69, 9.17) is 16.7 Å². The highest BCUT2D eigenvalue weighted by molar-refractivity contribution is 6.31. The molecule has 1 atom stereocenters. The third-order valence-corrected chi connectivity index (χ3v) is 5.74. The van der Waals surface area contributed by atoms with Crippen LogP contribution in [0.1, 0.15) is 44.1 Å². The number of hydrogen-bond acceptors (Lipinski definition) is 2. The van der Waals surface area contributed by atoms with Gasteiger partial charge in [-0.3, -0.25) is 9.59 Å². The first-order chi connectivity index (χ1) is 11.5. The summed E-state index contributed by atoms with van der Waals surface area (Å²) < 4.78 is 0. The number of hydrogen-bond donors (Lipinski definition) is 1. The summed E-state index contributed by atoms with van der Waals surface area (Å²) in [4.78, 5) is 25.8. The highest BCUT2D eigenvalue weighted by Crippen LogP contribution is 2.51. The summed E-state index contributed by atoms with van der Waals surface area (Å²) in [5, 5.41) is 9.59. The van der Waals surface area contributed by atoms with E-state index in [2.05, 4.69) is 0 Å². The van der Waals surface area contributed by atoms with Crippen molar-refractivity contribution < 1.29 is 14.7 Å². The van der Waals surface area contributed by atoms with Crippen LogP contribution in [0.2, 0.25) is 5.02 Å². The van der Waals surface area contributed by atoms with Crippen LogP contribution in [-0.4, -0.2) is 35.0 Å². The van der Waals surface area contributed by atoms with Crippen LogP contribution in [0.5, 0.6) is 0 Å². The Morgan fingerprint density at radius 2 is 2.04 bits per heavy atom. The molecule has 1 heterocycles. The van der Waals surface area contributed by atoms with Gasteiger partial charge < -0.3 is 10.0 Å². The third kappa shape index (κ3) is 3.92. The molecule has 1 aromatic carbocycles. The van der Waals surface area contributed by atoms with Crippen molar-refractivity contribution in [3.05, 3.63) is 34.9 Å². The summed E-state index contributed by atoms with van der Waals surface area (Å²) in [6.07, 6.45) is 5.41. The molecule has 1 unspecified atom stereocenters. The molecule has 0 bridgehead atoms. The van der Waals surface area contributed by atoms with E-state index in [1.54, 1.807) is 0 Å². The first-order valence-electron chi connectivity index (χ1n) is 8.75. The lowest BCUT2D eigenvalue weighted by Crippen LogP contribution is -2.44. The second-order valence-corrected chi connectivity index (χ2v) is 7.65. The molecule has 1 saturated heterocycles. The molecule has 4 nitrogen and oxygen atoms in total. The minimum Gasteiger partial charge on any atom is -0.481 e. The van der Waals surface area contributed by atoms with E-state index in [0.29, 0.717) is 25.3 Å². The molecule has 0 aromatic heterocycles. The van der Waals surface area contributed by atoms with Gasteiger partial charge in [0, 0.05) is 24.5 Å². The van der Waals surface area contributed by atoms with Crippen LogP contribution in [-0.2, 0) is 16.0 Å². The van der Waals surface area contributed by atoms with Crippen molar-refractivity contribution in [3.8, 4) is 0 Å². The average molecular weight is 350 g/mol. The normalized spacial score (nSPS) is 22.2. The van der Waals surface area contributed by atoms with E-state index < -0.39 is 5.97 Å². The van der Waals surface area contributed by atoms with E-state index in [9.17, 15) is 9.59 Å². The van der Waals surface area contributed by atoms with E-state index in [1.807, 2.05) is 29.2 Å². The number of carboxylic acids is 1. The molecular weight excluding hydrogens is 326 g/mol. The molecule has 2 aliphatic rings. The number of benzene rings is 1. The number of nitrogens with zero attached hydrogens (tertiary/aromatic N) is 1. The number of carbonyl (C=O) groups excluding carboxylic acids is 1. The Morgan fingerprint density at radius 1 is 1.29 bits per heavy atom. The number of halogens is 1. The zero-order chi connectivity index (χ0) is 17.2. The van der Waals surface area contributed by atoms with Crippen molar-refractivity contribution in [1.82, 2.24) is 4.90 Å². The molecule has 1 aliphatic heterocycles. The summed E-state index contributed by atoms with van der Waals surface area (Å²) in [7, 11) is 0. The SMILES string of the molecule is O=C(O)CCC1CCCN(C(=O)C2(Cc3ccccc3Cl)CC2)C1. The predicted molar refractivity (Wildman–Crippen MR) is 93.0 cm³/mol. The number of piperidine rings is 1. The Balaban J connectivity index is 1.63. The van der Waals surface area contributed by atoms with E-state index in [-0.39, 0.29) is 17.7 Å². The van der Waals surface area contributed by atoms with Crippen LogP contribution in [0.4, 0.5) is 0 Å². The van der Waals surface area contributed by atoms with Crippen LogP contribution in [0.15, 0.2) is 24.3 Å². The van der Waals surface area contributed by atoms with Gasteiger partial charge in [0.15, 0.2) is 0 Å². The van der Waals surface area contributed by atoms with Crippen molar-refractivity contribution in [1.29, 1.82) is 0 Å². The highest BCUT2D eigenvalue weighted by Gasteiger charge is 2.52. The standard InChI is InChI=1S/C19H24ClNO3/c20-16-6-2-1-5-15(16)12-19(9-10-19)18(24)21-11-3-4-14(13-21)7-8-17(22)23/h1-2,5-6,14H,3-4,7-13H2,(H,22,23). The number of rotatable bonds is 6. The van der Waals surface area contributed by atoms with Gasteiger partial charge in [-0.25, -0.2) is 0 Å². The summed E-state index contributed by atoms with van der Waals surface area (Å²) in [5.74, 6) is -0.201. The Hall–Kier alpha value is -1.55. The molecule has 3 rings (SSSR count). The third-order valence-electron chi connectivity index (χ3n) is 5.37. The number of carbonyl (C=O) groups is 2. The molecule has 1 amide bonds. The van der Waals surface area contributed by atoms with Crippen molar-refractivity contribution in [2.75, 3.05) is 13.1 Å². The highest BCUT2D eigenvalue weighted by atomic mass is 35.5. The lowest BCUT2D eigenvalue weighted by Gasteiger charge is -2.35. The van der Waals surface area contributed by atoms with E-state index in [0.717, 1.165) is 42.8 Å². The molecule has 24 heavy (non-hydrogen) atoms. The minimum absolute atomic E-state index is 0.192. The number of carboxylic acid groups (broad SMARTS) is 1. The minimum atomic E-state index is -0.754. The summed E-state index contributed by atoms with van der Waals surface area (Å²) in [6.45, 7) is 1.50. The second-order valence-electron chi connectivity index (χ2n) is 7.24. The van der Waals surface area contributed by atoms with E-state index in [1.165, 1.54) is 0 Å². The first-order valence-corrected chi connectivity index (χ1v) is 9.12. The van der Waals surface area contributed by atoms with Crippen molar-refractivity contribution in [2.24, 2.45) is 11.3 Å². The molecule has 0 spiro atoms. The number of likely N-dealkylation sites (tertiary alicyclic amines) is 1. The molecule has 1 aromatic rings. The topological polar surface area (TPSA) is 57.6 Å². The Bertz CT molecular complexity index is 627. The van der Waals surface area contributed by atoms with Gasteiger partial charge in [-0.15, -0.1) is 0 Å². The molecule has 130 valence electrons. The lowest BCUT2D eigenvalue weighted by molar-refractivity contribution is -0.139. The molecular formula is C19H24ClNO3. The van der Waals surface area contributed by atoms with Gasteiger partial charge in [0.2, 0.25) is 5.91 Å². The van der Waals surface area contributed by atoms with Crippen LogP contribution < -0.4 is 0 Å². The molecule has 1 aliphatic carbocycles. The molecule has 1 N–H and O–H groups in total. The monoisotopic (exact) mass is 349 g/mol. The summed E-state index contributed by atoms with van der Waals surface area (Å²) >= 11 is 6.26. The zero-order valence-corrected chi connectivity index (χ0v) is 14.6. The quantitative estimate of drug-likeness (QED) is 0.850. The smallest absolute Gasteiger partial charge is 0.303 e. The fraction of sp³-hybridized carbons (Fsp3) is 0.579. The molecule has 5 heteroatoms. The van der Waals surface area contributed by atoms with Gasteiger partial charge in [-0.05, 0) is 56.1 Å². The zero-order valence-electron chi connectivity index (χ0n) is 13.8. The average Bonchev–Trinajstić information content (AvgIpc) is 3.35. The second kappa shape index (κ2) is 7.14. The maximum Gasteiger partial charge on any atom is 0.303 e. The Labute approximate surface area is 147 Å². The number of aliphatic carboxylic acids is 1. The molecule has 2 fully saturated rings. The van der Waals surface area contributed by atoms with Gasteiger partial charge in [-0.1, -0.05) is 29.8 Å². The van der Waals surface area contributed by atoms with Crippen molar-refractivity contribution in [2.45, 2.75) is 44.9 Å². The Morgan fingerprint density at radius 3 is 2.71 bits per heavy atom. The van der Waals surface area contributed by atoms with Gasteiger partial charge in [0.25, 0.3) is 0 Å². The largest absolute Gasteiger partial charge is 0.481 e. The lowest BCUT2D eigenvalue weighted by atomic mass is 9.90. The predicted octanol–water partition coefficient (Wildman–Crippen LogP) is 3.77. The number of amides is 1. The van der Waals surface area contributed by atoms with Gasteiger partial charge >= 0.3 is 5.97 Å². The van der Waals surface area contributed by atoms with Crippen LogP contribution in [0.3, 0.4) is 0 Å². The maximum atomic E-state index is 13.0. The molecule has 0 radical (unpaired) electrons. The fourth-order valence-electron chi connectivity index (χ4n) is 3.77. The fourth-order valence-corrected chi connectivity index (χ4v) is 3.97. The van der Waals surface area contributed by atoms with E-state index >= 15 is 0 Å². The first kappa shape index (κ1) is 17.3. The van der Waals surface area contributed by atoms with Gasteiger partial charge in [-0.2, -0.15) is 0 Å². The van der Waals surface area contributed by atoms with Gasteiger partial charge in [0.05, 0.1) is 5.41 Å². The summed E-state index contributed by atoms with van der Waals surface area (Å²) in [5.41, 5.74) is 0.768. The van der Waals surface area contributed by atoms with Crippen molar-refractivity contribution in [3.63, 3.8) is 0 Å². The van der Waals surface area contributed by atoms with Gasteiger partial charge in [0.1, 0.15) is 0 Å².